The molecular weight excluding hydrogens is 250 g/mol. The molecule has 3 nitrogen and oxygen atoms in total. The molecule has 120 valence electrons. The Morgan fingerprint density at radius 2 is 1.50 bits per heavy atom. The van der Waals surface area contributed by atoms with Crippen molar-refractivity contribution in [3.63, 3.8) is 0 Å². The van der Waals surface area contributed by atoms with Crippen molar-refractivity contribution in [1.29, 1.82) is 0 Å². The number of likely N-dealkylation sites (tertiary alicyclic amines) is 1. The first-order chi connectivity index (χ1) is 9.59. The maximum atomic E-state index is 5.65. The number of piperidine rings is 1. The van der Waals surface area contributed by atoms with Crippen molar-refractivity contribution in [2.24, 2.45) is 17.8 Å². The third-order valence-corrected chi connectivity index (χ3v) is 4.34. The summed E-state index contributed by atoms with van der Waals surface area (Å²) in [6.07, 6.45) is 3.86. The fraction of sp³-hybridized carbons (Fsp3) is 1.00. The average Bonchev–Trinajstić information content (AvgIpc) is 2.42. The molecule has 0 atom stereocenters. The van der Waals surface area contributed by atoms with Crippen LogP contribution in [0.4, 0.5) is 0 Å². The lowest BCUT2D eigenvalue weighted by atomic mass is 9.87. The standard InChI is InChI=1S/C17H35NO2/c1-15(2)7-11-19-13-14-20-12-10-18-8-5-17(6-9-18)16(3)4/h15-17H,5-14H2,1-4H3. The van der Waals surface area contributed by atoms with Gasteiger partial charge in [-0.25, -0.2) is 0 Å². The van der Waals surface area contributed by atoms with Gasteiger partial charge in [-0.1, -0.05) is 27.7 Å². The van der Waals surface area contributed by atoms with E-state index in [1.54, 1.807) is 0 Å². The molecule has 1 rings (SSSR count). The Morgan fingerprint density at radius 3 is 2.05 bits per heavy atom. The number of hydrogen-bond acceptors (Lipinski definition) is 3. The predicted molar refractivity (Wildman–Crippen MR) is 85.1 cm³/mol. The minimum atomic E-state index is 0.727. The number of nitrogens with zero attached hydrogens (tertiary/aromatic N) is 1. The van der Waals surface area contributed by atoms with Gasteiger partial charge >= 0.3 is 0 Å². The highest BCUT2D eigenvalue weighted by Crippen LogP contribution is 2.23. The van der Waals surface area contributed by atoms with Gasteiger partial charge in [0.1, 0.15) is 0 Å². The van der Waals surface area contributed by atoms with Crippen LogP contribution in [0.3, 0.4) is 0 Å². The third-order valence-electron chi connectivity index (χ3n) is 4.34. The summed E-state index contributed by atoms with van der Waals surface area (Å²) in [5, 5.41) is 0. The zero-order valence-corrected chi connectivity index (χ0v) is 14.1. The van der Waals surface area contributed by atoms with Crippen molar-refractivity contribution in [3.8, 4) is 0 Å². The van der Waals surface area contributed by atoms with E-state index in [0.29, 0.717) is 0 Å². The van der Waals surface area contributed by atoms with E-state index in [0.717, 1.165) is 57.1 Å². The van der Waals surface area contributed by atoms with E-state index in [4.69, 9.17) is 9.47 Å². The monoisotopic (exact) mass is 285 g/mol. The van der Waals surface area contributed by atoms with Crippen LogP contribution in [0.5, 0.6) is 0 Å². The highest BCUT2D eigenvalue weighted by Gasteiger charge is 2.20. The van der Waals surface area contributed by atoms with Crippen molar-refractivity contribution < 1.29 is 9.47 Å². The number of ether oxygens (including phenoxy) is 2. The maximum Gasteiger partial charge on any atom is 0.0701 e. The lowest BCUT2D eigenvalue weighted by Crippen LogP contribution is -2.37. The first-order valence-electron chi connectivity index (χ1n) is 8.47. The van der Waals surface area contributed by atoms with Gasteiger partial charge in [0.05, 0.1) is 19.8 Å². The summed E-state index contributed by atoms with van der Waals surface area (Å²) in [6.45, 7) is 15.9. The van der Waals surface area contributed by atoms with Gasteiger partial charge in [-0.15, -0.1) is 0 Å². The Balaban J connectivity index is 1.88. The highest BCUT2D eigenvalue weighted by atomic mass is 16.5. The summed E-state index contributed by atoms with van der Waals surface area (Å²) >= 11 is 0. The molecule has 0 aromatic heterocycles. The second kappa shape index (κ2) is 10.6. The molecule has 0 unspecified atom stereocenters. The molecule has 20 heavy (non-hydrogen) atoms. The Labute approximate surface area is 126 Å². The molecule has 0 aliphatic carbocycles. The van der Waals surface area contributed by atoms with Gasteiger partial charge in [-0.05, 0) is 50.1 Å². The second-order valence-electron chi connectivity index (χ2n) is 6.83. The molecule has 1 fully saturated rings. The van der Waals surface area contributed by atoms with Gasteiger partial charge in [0.2, 0.25) is 0 Å². The van der Waals surface area contributed by atoms with Crippen LogP contribution in [0.25, 0.3) is 0 Å². The van der Waals surface area contributed by atoms with Crippen LogP contribution >= 0.6 is 0 Å². The first kappa shape index (κ1) is 17.9. The maximum absolute atomic E-state index is 5.65. The van der Waals surface area contributed by atoms with Crippen molar-refractivity contribution in [1.82, 2.24) is 4.90 Å². The first-order valence-corrected chi connectivity index (χ1v) is 8.47. The fourth-order valence-electron chi connectivity index (χ4n) is 2.68. The van der Waals surface area contributed by atoms with Gasteiger partial charge in [0.15, 0.2) is 0 Å². The quantitative estimate of drug-likeness (QED) is 0.574. The summed E-state index contributed by atoms with van der Waals surface area (Å²) in [7, 11) is 0. The molecule has 0 bridgehead atoms. The summed E-state index contributed by atoms with van der Waals surface area (Å²) < 4.78 is 11.2. The molecule has 0 N–H and O–H groups in total. The van der Waals surface area contributed by atoms with E-state index in [9.17, 15) is 0 Å². The van der Waals surface area contributed by atoms with E-state index in [-0.39, 0.29) is 0 Å². The van der Waals surface area contributed by atoms with Crippen molar-refractivity contribution in [3.05, 3.63) is 0 Å². The highest BCUT2D eigenvalue weighted by molar-refractivity contribution is 4.73. The lowest BCUT2D eigenvalue weighted by Gasteiger charge is -2.33. The third kappa shape index (κ3) is 8.23. The fourth-order valence-corrected chi connectivity index (χ4v) is 2.68. The normalized spacial score (nSPS) is 18.3. The van der Waals surface area contributed by atoms with Crippen LogP contribution in [0.15, 0.2) is 0 Å². The zero-order valence-electron chi connectivity index (χ0n) is 14.1. The second-order valence-corrected chi connectivity index (χ2v) is 6.83. The van der Waals surface area contributed by atoms with E-state index < -0.39 is 0 Å². The molecule has 1 aliphatic rings. The summed E-state index contributed by atoms with van der Waals surface area (Å²) in [5.74, 6) is 2.50. The molecule has 0 aromatic carbocycles. The van der Waals surface area contributed by atoms with Gasteiger partial charge in [0, 0.05) is 13.2 Å². The van der Waals surface area contributed by atoms with Crippen LogP contribution < -0.4 is 0 Å². The van der Waals surface area contributed by atoms with Crippen LogP contribution in [-0.4, -0.2) is 51.0 Å². The Bertz CT molecular complexity index is 223. The molecule has 0 radical (unpaired) electrons. The number of hydrogen-bond donors (Lipinski definition) is 0. The predicted octanol–water partition coefficient (Wildman–Crippen LogP) is 3.43. The van der Waals surface area contributed by atoms with Crippen molar-refractivity contribution in [2.75, 3.05) is 46.1 Å². The van der Waals surface area contributed by atoms with E-state index in [2.05, 4.69) is 32.6 Å². The summed E-state index contributed by atoms with van der Waals surface area (Å²) in [5.41, 5.74) is 0. The van der Waals surface area contributed by atoms with Gasteiger partial charge < -0.3 is 14.4 Å². The van der Waals surface area contributed by atoms with E-state index in [1.807, 2.05) is 0 Å². The van der Waals surface area contributed by atoms with Crippen LogP contribution in [-0.2, 0) is 9.47 Å². The van der Waals surface area contributed by atoms with Crippen LogP contribution in [0.2, 0.25) is 0 Å². The molecule has 0 saturated carbocycles. The van der Waals surface area contributed by atoms with Gasteiger partial charge in [0.25, 0.3) is 0 Å². The molecule has 0 amide bonds. The molecule has 1 heterocycles. The van der Waals surface area contributed by atoms with Crippen molar-refractivity contribution >= 4 is 0 Å². The van der Waals surface area contributed by atoms with Crippen LogP contribution in [0.1, 0.15) is 47.0 Å². The Kier molecular flexibility index (Phi) is 9.49. The van der Waals surface area contributed by atoms with E-state index >= 15 is 0 Å². The van der Waals surface area contributed by atoms with Crippen LogP contribution in [0, 0.1) is 17.8 Å². The summed E-state index contributed by atoms with van der Waals surface area (Å²) in [4.78, 5) is 2.54. The molecule has 0 aromatic rings. The SMILES string of the molecule is CC(C)CCOCCOCCN1CCC(C(C)C)CC1. The zero-order chi connectivity index (χ0) is 14.8. The van der Waals surface area contributed by atoms with E-state index in [1.165, 1.54) is 25.9 Å². The topological polar surface area (TPSA) is 21.7 Å². The smallest absolute Gasteiger partial charge is 0.0701 e. The molecule has 1 saturated heterocycles. The van der Waals surface area contributed by atoms with Crippen molar-refractivity contribution in [2.45, 2.75) is 47.0 Å². The molecule has 0 spiro atoms. The Morgan fingerprint density at radius 1 is 0.900 bits per heavy atom. The lowest BCUT2D eigenvalue weighted by molar-refractivity contribution is 0.0307. The molecule has 1 aliphatic heterocycles. The molecule has 3 heteroatoms. The van der Waals surface area contributed by atoms with Gasteiger partial charge in [-0.3, -0.25) is 0 Å². The Hall–Kier alpha value is -0.120. The minimum absolute atomic E-state index is 0.727. The number of rotatable bonds is 10. The largest absolute Gasteiger partial charge is 0.379 e. The van der Waals surface area contributed by atoms with Gasteiger partial charge in [-0.2, -0.15) is 0 Å². The molecular formula is C17H35NO2. The minimum Gasteiger partial charge on any atom is -0.379 e. The summed E-state index contributed by atoms with van der Waals surface area (Å²) in [6, 6.07) is 0. The average molecular weight is 285 g/mol.